The zero-order valence-corrected chi connectivity index (χ0v) is 8.23. The molecule has 1 atom stereocenters. The molecule has 0 N–H and O–H groups in total. The first-order valence-electron chi connectivity index (χ1n) is 4.62. The summed E-state index contributed by atoms with van der Waals surface area (Å²) < 4.78 is 36.6. The Hall–Kier alpha value is -0.990. The molecular formula is C11H13F3. The Balaban J connectivity index is 2.89. The predicted octanol–water partition coefficient (Wildman–Crippen LogP) is 4.22. The molecule has 0 heterocycles. The largest absolute Gasteiger partial charge is 0.416 e. The minimum Gasteiger partial charge on any atom is -0.166 e. The molecule has 0 bridgehead atoms. The highest BCUT2D eigenvalue weighted by molar-refractivity contribution is 5.26. The highest BCUT2D eigenvalue weighted by atomic mass is 19.4. The van der Waals surface area contributed by atoms with Crippen LogP contribution in [0.25, 0.3) is 0 Å². The van der Waals surface area contributed by atoms with Gasteiger partial charge in [-0.05, 0) is 30.0 Å². The van der Waals surface area contributed by atoms with Gasteiger partial charge in [0.15, 0.2) is 0 Å². The molecule has 3 heteroatoms. The van der Waals surface area contributed by atoms with Crippen molar-refractivity contribution in [1.82, 2.24) is 0 Å². The molecule has 78 valence electrons. The molecule has 0 fully saturated rings. The van der Waals surface area contributed by atoms with Crippen molar-refractivity contribution in [3.05, 3.63) is 35.4 Å². The van der Waals surface area contributed by atoms with E-state index >= 15 is 0 Å². The lowest BCUT2D eigenvalue weighted by molar-refractivity contribution is -0.137. The first kappa shape index (κ1) is 11.1. The lowest BCUT2D eigenvalue weighted by Crippen LogP contribution is -2.04. The summed E-state index contributed by atoms with van der Waals surface area (Å²) in [5.74, 6) is 0.317. The van der Waals surface area contributed by atoms with Crippen molar-refractivity contribution < 1.29 is 13.2 Å². The van der Waals surface area contributed by atoms with E-state index in [1.54, 1.807) is 12.1 Å². The molecule has 0 amide bonds. The number of alkyl halides is 3. The van der Waals surface area contributed by atoms with Gasteiger partial charge >= 0.3 is 6.18 Å². The minimum atomic E-state index is -4.23. The molecule has 0 aliphatic carbocycles. The smallest absolute Gasteiger partial charge is 0.166 e. The summed E-state index contributed by atoms with van der Waals surface area (Å²) >= 11 is 0. The average molecular weight is 202 g/mol. The van der Waals surface area contributed by atoms with Crippen LogP contribution in [0, 0.1) is 0 Å². The summed E-state index contributed by atoms with van der Waals surface area (Å²) in [6, 6.07) is 5.39. The fourth-order valence-electron chi connectivity index (χ4n) is 1.24. The van der Waals surface area contributed by atoms with Crippen LogP contribution in [0.5, 0.6) is 0 Å². The zero-order valence-electron chi connectivity index (χ0n) is 8.23. The number of benzene rings is 1. The van der Waals surface area contributed by atoms with Crippen LogP contribution in [0.4, 0.5) is 13.2 Å². The van der Waals surface area contributed by atoms with Crippen molar-refractivity contribution in [2.24, 2.45) is 0 Å². The van der Waals surface area contributed by atoms with E-state index in [4.69, 9.17) is 0 Å². The third-order valence-electron chi connectivity index (χ3n) is 2.42. The van der Waals surface area contributed by atoms with Crippen molar-refractivity contribution >= 4 is 0 Å². The Morgan fingerprint density at radius 2 is 1.64 bits per heavy atom. The summed E-state index contributed by atoms with van der Waals surface area (Å²) in [6.45, 7) is 4.02. The van der Waals surface area contributed by atoms with Gasteiger partial charge < -0.3 is 0 Å². The van der Waals surface area contributed by atoms with Crippen LogP contribution in [-0.2, 0) is 6.18 Å². The first-order valence-corrected chi connectivity index (χ1v) is 4.62. The van der Waals surface area contributed by atoms with Gasteiger partial charge in [-0.1, -0.05) is 26.0 Å². The third-order valence-corrected chi connectivity index (χ3v) is 2.42. The molecule has 0 aliphatic rings. The predicted molar refractivity (Wildman–Crippen MR) is 50.2 cm³/mol. The molecule has 0 nitrogen and oxygen atoms in total. The molecule has 0 aromatic heterocycles. The lowest BCUT2D eigenvalue weighted by Gasteiger charge is -2.11. The molecule has 14 heavy (non-hydrogen) atoms. The molecule has 0 aliphatic heterocycles. The van der Waals surface area contributed by atoms with Crippen molar-refractivity contribution in [2.45, 2.75) is 32.4 Å². The lowest BCUT2D eigenvalue weighted by atomic mass is 9.98. The van der Waals surface area contributed by atoms with E-state index < -0.39 is 11.7 Å². The van der Waals surface area contributed by atoms with Crippen LogP contribution >= 0.6 is 0 Å². The molecule has 0 radical (unpaired) electrons. The maximum atomic E-state index is 12.2. The number of hydrogen-bond donors (Lipinski definition) is 0. The van der Waals surface area contributed by atoms with Crippen molar-refractivity contribution in [2.75, 3.05) is 0 Å². The molecule has 0 spiro atoms. The fraction of sp³-hybridized carbons (Fsp3) is 0.455. The standard InChI is InChI=1S/C11H13F3/c1-3-8(2)9-4-6-10(7-5-9)11(12,13)14/h4-8H,3H2,1-2H3/t8-/m0/s1. The fourth-order valence-corrected chi connectivity index (χ4v) is 1.24. The van der Waals surface area contributed by atoms with Crippen LogP contribution in [-0.4, -0.2) is 0 Å². The van der Waals surface area contributed by atoms with Gasteiger partial charge in [-0.25, -0.2) is 0 Å². The maximum Gasteiger partial charge on any atom is 0.416 e. The van der Waals surface area contributed by atoms with E-state index in [9.17, 15) is 13.2 Å². The molecular weight excluding hydrogens is 189 g/mol. The summed E-state index contributed by atoms with van der Waals surface area (Å²) in [5, 5.41) is 0. The number of hydrogen-bond acceptors (Lipinski definition) is 0. The van der Waals surface area contributed by atoms with E-state index in [2.05, 4.69) is 0 Å². The first-order chi connectivity index (χ1) is 6.45. The SMILES string of the molecule is CC[C@H](C)c1ccc(C(F)(F)F)cc1. The molecule has 0 saturated carbocycles. The summed E-state index contributed by atoms with van der Waals surface area (Å²) in [4.78, 5) is 0. The van der Waals surface area contributed by atoms with Crippen LogP contribution in [0.15, 0.2) is 24.3 Å². The van der Waals surface area contributed by atoms with Gasteiger partial charge in [-0.15, -0.1) is 0 Å². The second-order valence-electron chi connectivity index (χ2n) is 3.43. The van der Waals surface area contributed by atoms with Gasteiger partial charge in [0.1, 0.15) is 0 Å². The van der Waals surface area contributed by atoms with E-state index in [1.165, 1.54) is 0 Å². The summed E-state index contributed by atoms with van der Waals surface area (Å²) in [7, 11) is 0. The summed E-state index contributed by atoms with van der Waals surface area (Å²) in [6.07, 6.45) is -3.29. The monoisotopic (exact) mass is 202 g/mol. The topological polar surface area (TPSA) is 0 Å². The molecule has 0 unspecified atom stereocenters. The quantitative estimate of drug-likeness (QED) is 0.673. The Morgan fingerprint density at radius 1 is 1.14 bits per heavy atom. The Labute approximate surface area is 81.8 Å². The highest BCUT2D eigenvalue weighted by Crippen LogP contribution is 2.30. The maximum absolute atomic E-state index is 12.2. The van der Waals surface area contributed by atoms with Crippen molar-refractivity contribution in [1.29, 1.82) is 0 Å². The Kier molecular flexibility index (Phi) is 3.19. The van der Waals surface area contributed by atoms with E-state index in [1.807, 2.05) is 13.8 Å². The van der Waals surface area contributed by atoms with Crippen LogP contribution in [0.3, 0.4) is 0 Å². The van der Waals surface area contributed by atoms with Crippen LogP contribution in [0.2, 0.25) is 0 Å². The van der Waals surface area contributed by atoms with Gasteiger partial charge in [-0.3, -0.25) is 0 Å². The normalized spacial score (nSPS) is 14.1. The molecule has 0 saturated heterocycles. The second-order valence-corrected chi connectivity index (χ2v) is 3.43. The van der Waals surface area contributed by atoms with Gasteiger partial charge in [0.05, 0.1) is 5.56 Å². The van der Waals surface area contributed by atoms with Gasteiger partial charge in [0.2, 0.25) is 0 Å². The second kappa shape index (κ2) is 4.03. The van der Waals surface area contributed by atoms with Gasteiger partial charge in [-0.2, -0.15) is 13.2 Å². The van der Waals surface area contributed by atoms with Crippen LogP contribution < -0.4 is 0 Å². The summed E-state index contributed by atoms with van der Waals surface area (Å²) in [5.41, 5.74) is 0.380. The third kappa shape index (κ3) is 2.50. The Morgan fingerprint density at radius 3 is 2.00 bits per heavy atom. The number of halogens is 3. The molecule has 1 rings (SSSR count). The Bertz CT molecular complexity index is 284. The van der Waals surface area contributed by atoms with Crippen molar-refractivity contribution in [3.63, 3.8) is 0 Å². The number of rotatable bonds is 2. The van der Waals surface area contributed by atoms with Gasteiger partial charge in [0.25, 0.3) is 0 Å². The van der Waals surface area contributed by atoms with Crippen LogP contribution in [0.1, 0.15) is 37.3 Å². The van der Waals surface area contributed by atoms with Crippen molar-refractivity contribution in [3.8, 4) is 0 Å². The molecule has 1 aromatic rings. The highest BCUT2D eigenvalue weighted by Gasteiger charge is 2.29. The van der Waals surface area contributed by atoms with E-state index in [-0.39, 0.29) is 0 Å². The average Bonchev–Trinajstić information content (AvgIpc) is 2.15. The van der Waals surface area contributed by atoms with E-state index in [0.29, 0.717) is 5.92 Å². The molecule has 1 aromatic carbocycles. The zero-order chi connectivity index (χ0) is 10.8. The van der Waals surface area contributed by atoms with E-state index in [0.717, 1.165) is 24.1 Å². The van der Waals surface area contributed by atoms with Gasteiger partial charge in [0, 0.05) is 0 Å². The minimum absolute atomic E-state index is 0.317.